The van der Waals surface area contributed by atoms with E-state index < -0.39 is 6.10 Å². The quantitative estimate of drug-likeness (QED) is 0.712. The third-order valence-corrected chi connectivity index (χ3v) is 2.15. The first kappa shape index (κ1) is 9.02. The summed E-state index contributed by atoms with van der Waals surface area (Å²) in [5, 5.41) is 9.25. The lowest BCUT2D eigenvalue weighted by Gasteiger charge is -2.20. The van der Waals surface area contributed by atoms with Crippen LogP contribution in [0.4, 0.5) is 0 Å². The Morgan fingerprint density at radius 3 is 3.07 bits per heavy atom. The minimum atomic E-state index is -1.05. The molecule has 1 aliphatic rings. The first-order chi connectivity index (χ1) is 6.72. The molecule has 4 heteroatoms. The molecule has 1 N–H and O–H groups in total. The van der Waals surface area contributed by atoms with Crippen molar-refractivity contribution < 1.29 is 19.4 Å². The average Bonchev–Trinajstić information content (AvgIpc) is 2.23. The second-order valence-corrected chi connectivity index (χ2v) is 3.05. The number of methoxy groups -OCH3 is 1. The van der Waals surface area contributed by atoms with Crippen molar-refractivity contribution in [3.05, 3.63) is 23.8 Å². The predicted molar refractivity (Wildman–Crippen MR) is 48.8 cm³/mol. The summed E-state index contributed by atoms with van der Waals surface area (Å²) >= 11 is 0. The number of hydrogen-bond acceptors (Lipinski definition) is 4. The van der Waals surface area contributed by atoms with Crippen LogP contribution in [0, 0.1) is 0 Å². The van der Waals surface area contributed by atoms with Crippen LogP contribution in [0.2, 0.25) is 0 Å². The number of hydrogen-bond donors (Lipinski definition) is 1. The maximum atomic E-state index is 11.4. The van der Waals surface area contributed by atoms with Crippen LogP contribution in [-0.4, -0.2) is 30.7 Å². The molecule has 0 aromatic heterocycles. The van der Waals surface area contributed by atoms with Gasteiger partial charge in [-0.05, 0) is 12.1 Å². The molecule has 0 aliphatic carbocycles. The molecule has 14 heavy (non-hydrogen) atoms. The van der Waals surface area contributed by atoms with Gasteiger partial charge >= 0.3 is 0 Å². The van der Waals surface area contributed by atoms with Crippen LogP contribution < -0.4 is 9.47 Å². The van der Waals surface area contributed by atoms with E-state index in [1.165, 1.54) is 0 Å². The van der Waals surface area contributed by atoms with E-state index >= 15 is 0 Å². The minimum Gasteiger partial charge on any atom is -0.497 e. The maximum Gasteiger partial charge on any atom is 0.198 e. The Morgan fingerprint density at radius 1 is 1.57 bits per heavy atom. The summed E-state index contributed by atoms with van der Waals surface area (Å²) in [5.41, 5.74) is 0.407. The summed E-state index contributed by atoms with van der Waals surface area (Å²) in [5.74, 6) is 0.807. The van der Waals surface area contributed by atoms with E-state index in [0.29, 0.717) is 17.1 Å². The van der Waals surface area contributed by atoms with Gasteiger partial charge in [0.1, 0.15) is 18.1 Å². The van der Waals surface area contributed by atoms with Crippen molar-refractivity contribution in [1.82, 2.24) is 0 Å². The van der Waals surface area contributed by atoms with Gasteiger partial charge in [-0.1, -0.05) is 0 Å². The lowest BCUT2D eigenvalue weighted by atomic mass is 10.0. The SMILES string of the molecule is COc1ccc2c(c1)OC[C@H](O)C2=O. The molecule has 2 rings (SSSR count). The van der Waals surface area contributed by atoms with E-state index in [2.05, 4.69) is 0 Å². The fourth-order valence-corrected chi connectivity index (χ4v) is 1.38. The highest BCUT2D eigenvalue weighted by molar-refractivity contribution is 6.02. The Balaban J connectivity index is 2.44. The summed E-state index contributed by atoms with van der Waals surface area (Å²) < 4.78 is 10.2. The van der Waals surface area contributed by atoms with Crippen molar-refractivity contribution in [1.29, 1.82) is 0 Å². The van der Waals surface area contributed by atoms with Crippen molar-refractivity contribution in [2.45, 2.75) is 6.10 Å². The summed E-state index contributed by atoms with van der Waals surface area (Å²) in [7, 11) is 1.54. The van der Waals surface area contributed by atoms with Crippen LogP contribution in [0.5, 0.6) is 11.5 Å². The molecule has 0 saturated heterocycles. The average molecular weight is 194 g/mol. The molecule has 0 fully saturated rings. The molecule has 0 spiro atoms. The van der Waals surface area contributed by atoms with Crippen LogP contribution in [0.1, 0.15) is 10.4 Å². The van der Waals surface area contributed by atoms with Gasteiger partial charge in [-0.15, -0.1) is 0 Å². The maximum absolute atomic E-state index is 11.4. The monoisotopic (exact) mass is 194 g/mol. The molecule has 1 atom stereocenters. The van der Waals surface area contributed by atoms with Crippen molar-refractivity contribution in [2.24, 2.45) is 0 Å². The lowest BCUT2D eigenvalue weighted by molar-refractivity contribution is 0.0557. The molecule has 1 aromatic carbocycles. The molecule has 1 aromatic rings. The molecule has 0 radical (unpaired) electrons. The minimum absolute atomic E-state index is 0.0129. The van der Waals surface area contributed by atoms with E-state index in [1.54, 1.807) is 25.3 Å². The third-order valence-electron chi connectivity index (χ3n) is 2.15. The van der Waals surface area contributed by atoms with Crippen molar-refractivity contribution >= 4 is 5.78 Å². The Kier molecular flexibility index (Phi) is 2.13. The number of benzene rings is 1. The van der Waals surface area contributed by atoms with Gasteiger partial charge in [0, 0.05) is 6.07 Å². The molecule has 1 aliphatic heterocycles. The Morgan fingerprint density at radius 2 is 2.36 bits per heavy atom. The van der Waals surface area contributed by atoms with E-state index in [9.17, 15) is 9.90 Å². The zero-order valence-corrected chi connectivity index (χ0v) is 7.69. The van der Waals surface area contributed by atoms with E-state index in [4.69, 9.17) is 9.47 Å². The topological polar surface area (TPSA) is 55.8 Å². The molecule has 4 nitrogen and oxygen atoms in total. The highest BCUT2D eigenvalue weighted by Crippen LogP contribution is 2.28. The normalized spacial score (nSPS) is 19.9. The van der Waals surface area contributed by atoms with Crippen molar-refractivity contribution in [2.75, 3.05) is 13.7 Å². The number of ether oxygens (including phenoxy) is 2. The Hall–Kier alpha value is -1.55. The van der Waals surface area contributed by atoms with Crippen molar-refractivity contribution in [3.63, 3.8) is 0 Å². The summed E-state index contributed by atoms with van der Waals surface area (Å²) in [6.07, 6.45) is -1.05. The summed E-state index contributed by atoms with van der Waals surface area (Å²) in [4.78, 5) is 11.4. The number of ketones is 1. The van der Waals surface area contributed by atoms with Crippen LogP contribution >= 0.6 is 0 Å². The molecule has 1 heterocycles. The first-order valence-electron chi connectivity index (χ1n) is 4.25. The molecule has 0 unspecified atom stereocenters. The summed E-state index contributed by atoms with van der Waals surface area (Å²) in [6, 6.07) is 4.90. The number of aliphatic hydroxyl groups excluding tert-OH is 1. The second kappa shape index (κ2) is 3.31. The van der Waals surface area contributed by atoms with Crippen molar-refractivity contribution in [3.8, 4) is 11.5 Å². The molecule has 74 valence electrons. The fraction of sp³-hybridized carbons (Fsp3) is 0.300. The van der Waals surface area contributed by atoms with Gasteiger partial charge < -0.3 is 14.6 Å². The molecular formula is C10H10O4. The highest BCUT2D eigenvalue weighted by Gasteiger charge is 2.26. The lowest BCUT2D eigenvalue weighted by Crippen LogP contribution is -2.32. The van der Waals surface area contributed by atoms with Gasteiger partial charge in [0.25, 0.3) is 0 Å². The highest BCUT2D eigenvalue weighted by atomic mass is 16.5. The molecular weight excluding hydrogens is 184 g/mol. The van der Waals surface area contributed by atoms with Gasteiger partial charge in [-0.25, -0.2) is 0 Å². The van der Waals surface area contributed by atoms with Gasteiger partial charge in [0.2, 0.25) is 0 Å². The smallest absolute Gasteiger partial charge is 0.198 e. The standard InChI is InChI=1S/C10H10O4/c1-13-6-2-3-7-9(4-6)14-5-8(11)10(7)12/h2-4,8,11H,5H2,1H3/t8-/m0/s1. The zero-order valence-electron chi connectivity index (χ0n) is 7.69. The van der Waals surface area contributed by atoms with Gasteiger partial charge in [0.15, 0.2) is 11.9 Å². The van der Waals surface area contributed by atoms with Gasteiger partial charge in [-0.2, -0.15) is 0 Å². The van der Waals surface area contributed by atoms with Gasteiger partial charge in [-0.3, -0.25) is 4.79 Å². The van der Waals surface area contributed by atoms with Crippen LogP contribution in [0.3, 0.4) is 0 Å². The first-order valence-corrected chi connectivity index (χ1v) is 4.25. The largest absolute Gasteiger partial charge is 0.497 e. The van der Waals surface area contributed by atoms with Crippen LogP contribution in [0.15, 0.2) is 18.2 Å². The number of carbonyl (C=O) groups excluding carboxylic acids is 1. The van der Waals surface area contributed by atoms with E-state index in [-0.39, 0.29) is 12.4 Å². The van der Waals surface area contributed by atoms with Crippen LogP contribution in [-0.2, 0) is 0 Å². The molecule has 0 bridgehead atoms. The third kappa shape index (κ3) is 1.33. The predicted octanol–water partition coefficient (Wildman–Crippen LogP) is 0.631. The Bertz CT molecular complexity index is 372. The molecule has 0 saturated carbocycles. The van der Waals surface area contributed by atoms with Crippen LogP contribution in [0.25, 0.3) is 0 Å². The number of rotatable bonds is 1. The second-order valence-electron chi connectivity index (χ2n) is 3.05. The number of aliphatic hydroxyl groups is 1. The van der Waals surface area contributed by atoms with E-state index in [1.807, 2.05) is 0 Å². The number of Topliss-reactive ketones (excluding diaryl/α,β-unsaturated/α-hetero) is 1. The fourth-order valence-electron chi connectivity index (χ4n) is 1.38. The van der Waals surface area contributed by atoms with Gasteiger partial charge in [0.05, 0.1) is 12.7 Å². The summed E-state index contributed by atoms with van der Waals surface area (Å²) in [6.45, 7) is 0.0129. The molecule has 0 amide bonds. The Labute approximate surface area is 81.1 Å². The van der Waals surface area contributed by atoms with E-state index in [0.717, 1.165) is 0 Å². The number of carbonyl (C=O) groups is 1. The number of fused-ring (bicyclic) bond motifs is 1. The zero-order chi connectivity index (χ0) is 10.1.